The van der Waals surface area contributed by atoms with E-state index in [0.717, 1.165) is 24.0 Å². The van der Waals surface area contributed by atoms with Crippen LogP contribution in [0.15, 0.2) is 58.4 Å². The van der Waals surface area contributed by atoms with Crippen molar-refractivity contribution in [3.63, 3.8) is 0 Å². The number of amides is 1. The molecule has 0 bridgehead atoms. The third kappa shape index (κ3) is 5.21. The van der Waals surface area contributed by atoms with E-state index < -0.39 is 11.9 Å². The van der Waals surface area contributed by atoms with Gasteiger partial charge in [0, 0.05) is 18.4 Å². The molecule has 1 aromatic carbocycles. The van der Waals surface area contributed by atoms with Gasteiger partial charge in [-0.3, -0.25) is 14.0 Å². The molecule has 1 atom stereocenters. The predicted octanol–water partition coefficient (Wildman–Crippen LogP) is 4.35. The van der Waals surface area contributed by atoms with Gasteiger partial charge in [0.15, 0.2) is 5.49 Å². The van der Waals surface area contributed by atoms with Gasteiger partial charge in [-0.15, -0.1) is 0 Å². The van der Waals surface area contributed by atoms with Gasteiger partial charge in [-0.2, -0.15) is 4.99 Å². The molecule has 9 heteroatoms. The Morgan fingerprint density at radius 2 is 1.90 bits per heavy atom. The number of carbonyl (C=O) groups is 2. The second kappa shape index (κ2) is 10.8. The lowest BCUT2D eigenvalue weighted by molar-refractivity contribution is 0.0521. The minimum Gasteiger partial charge on any atom is -0.462 e. The van der Waals surface area contributed by atoms with Crippen LogP contribution in [0.2, 0.25) is 0 Å². The van der Waals surface area contributed by atoms with Crippen LogP contribution < -0.4 is 11.0 Å². The van der Waals surface area contributed by atoms with Crippen LogP contribution in [0.3, 0.4) is 0 Å². The molecular formula is C31H34N4O5. The molecule has 1 saturated heterocycles. The molecule has 0 spiro atoms. The summed E-state index contributed by atoms with van der Waals surface area (Å²) < 4.78 is 14.4. The highest BCUT2D eigenvalue weighted by molar-refractivity contribution is 5.97. The van der Waals surface area contributed by atoms with Gasteiger partial charge in [0.1, 0.15) is 16.9 Å². The highest BCUT2D eigenvalue weighted by Gasteiger charge is 2.24. The molecule has 4 aromatic rings. The van der Waals surface area contributed by atoms with Gasteiger partial charge in [0.2, 0.25) is 0 Å². The zero-order valence-electron chi connectivity index (χ0n) is 23.6. The summed E-state index contributed by atoms with van der Waals surface area (Å²) in [6, 6.07) is 12.4. The number of aromatic nitrogens is 3. The predicted molar refractivity (Wildman–Crippen MR) is 152 cm³/mol. The number of rotatable bonds is 5. The van der Waals surface area contributed by atoms with Crippen molar-refractivity contribution in [2.24, 2.45) is 4.99 Å². The van der Waals surface area contributed by atoms with Crippen LogP contribution in [0.4, 0.5) is 0 Å². The summed E-state index contributed by atoms with van der Waals surface area (Å²) in [6.45, 7) is 10.9. The minimum atomic E-state index is -0.672. The minimum absolute atomic E-state index is 0.0264. The van der Waals surface area contributed by atoms with Crippen molar-refractivity contribution in [2.45, 2.75) is 65.5 Å². The van der Waals surface area contributed by atoms with E-state index in [1.807, 2.05) is 25.1 Å². The third-order valence-corrected chi connectivity index (χ3v) is 7.22. The number of benzene rings is 1. The summed E-state index contributed by atoms with van der Waals surface area (Å²) in [4.78, 5) is 49.7. The number of esters is 1. The lowest BCUT2D eigenvalue weighted by atomic mass is 9.87. The summed E-state index contributed by atoms with van der Waals surface area (Å²) in [5, 5.41) is 0.227. The molecule has 0 unspecified atom stereocenters. The Morgan fingerprint density at radius 3 is 2.55 bits per heavy atom. The lowest BCUT2D eigenvalue weighted by Gasteiger charge is -2.19. The molecule has 1 amide bonds. The Balaban J connectivity index is 1.81. The van der Waals surface area contributed by atoms with Gasteiger partial charge < -0.3 is 14.0 Å². The van der Waals surface area contributed by atoms with E-state index >= 15 is 0 Å². The van der Waals surface area contributed by atoms with E-state index in [1.165, 1.54) is 10.5 Å². The molecule has 40 heavy (non-hydrogen) atoms. The van der Waals surface area contributed by atoms with Crippen molar-refractivity contribution >= 4 is 28.6 Å². The van der Waals surface area contributed by atoms with E-state index in [-0.39, 0.29) is 46.7 Å². The number of hydrogen-bond donors (Lipinski definition) is 0. The van der Waals surface area contributed by atoms with E-state index in [1.54, 1.807) is 35.9 Å². The smallest absolute Gasteiger partial charge is 0.341 e. The fraction of sp³-hybridized carbons (Fsp3) is 0.387. The number of ether oxygens (including phenoxy) is 2. The molecule has 0 aliphatic carbocycles. The summed E-state index contributed by atoms with van der Waals surface area (Å²) >= 11 is 0. The number of fused-ring (bicyclic) bond motifs is 2. The van der Waals surface area contributed by atoms with Crippen LogP contribution in [0.25, 0.3) is 16.7 Å². The quantitative estimate of drug-likeness (QED) is 0.274. The first kappa shape index (κ1) is 27.5. The van der Waals surface area contributed by atoms with Crippen molar-refractivity contribution in [1.82, 2.24) is 14.0 Å². The molecule has 208 valence electrons. The molecule has 0 N–H and O–H groups in total. The van der Waals surface area contributed by atoms with Gasteiger partial charge in [0.25, 0.3) is 11.5 Å². The van der Waals surface area contributed by atoms with Crippen molar-refractivity contribution in [2.75, 3.05) is 13.2 Å². The molecule has 1 aliphatic rings. The van der Waals surface area contributed by atoms with Crippen LogP contribution in [0, 0.1) is 6.92 Å². The highest BCUT2D eigenvalue weighted by atomic mass is 16.5. The van der Waals surface area contributed by atoms with Crippen LogP contribution in [-0.4, -0.2) is 45.1 Å². The number of carbonyl (C=O) groups excluding carboxylic acids is 2. The molecule has 1 aliphatic heterocycles. The van der Waals surface area contributed by atoms with Crippen molar-refractivity contribution in [1.29, 1.82) is 0 Å². The van der Waals surface area contributed by atoms with Crippen LogP contribution in [-0.2, 0) is 21.4 Å². The lowest BCUT2D eigenvalue weighted by Crippen LogP contribution is -2.35. The zero-order valence-corrected chi connectivity index (χ0v) is 23.6. The highest BCUT2D eigenvalue weighted by Crippen LogP contribution is 2.23. The Hall–Kier alpha value is -4.11. The van der Waals surface area contributed by atoms with Gasteiger partial charge in [-0.05, 0) is 67.5 Å². The van der Waals surface area contributed by atoms with E-state index in [0.29, 0.717) is 23.5 Å². The first-order valence-corrected chi connectivity index (χ1v) is 13.6. The maximum Gasteiger partial charge on any atom is 0.341 e. The van der Waals surface area contributed by atoms with Gasteiger partial charge in [-0.25, -0.2) is 9.78 Å². The Kier molecular flexibility index (Phi) is 7.42. The average Bonchev–Trinajstić information content (AvgIpc) is 3.43. The van der Waals surface area contributed by atoms with Crippen LogP contribution in [0.5, 0.6) is 0 Å². The number of nitrogens with zero attached hydrogens (tertiary/aromatic N) is 4. The molecule has 9 nitrogen and oxygen atoms in total. The fourth-order valence-electron chi connectivity index (χ4n) is 5.01. The summed E-state index contributed by atoms with van der Waals surface area (Å²) in [6.07, 6.45) is 3.16. The Bertz CT molecular complexity index is 1740. The molecule has 1 fully saturated rings. The Morgan fingerprint density at radius 1 is 1.15 bits per heavy atom. The molecule has 3 aromatic heterocycles. The van der Waals surface area contributed by atoms with Crippen molar-refractivity contribution in [3.8, 4) is 0 Å². The zero-order chi connectivity index (χ0) is 28.6. The number of pyridine rings is 2. The summed E-state index contributed by atoms with van der Waals surface area (Å²) in [7, 11) is 0. The van der Waals surface area contributed by atoms with Gasteiger partial charge in [-0.1, -0.05) is 39.0 Å². The molecular weight excluding hydrogens is 508 g/mol. The SMILES string of the molecule is CCOC(=O)c1cc2c(=O)n3cccc(C)c3nc2n(C[C@H]2CCCO2)c1=NC(=O)c1ccc(C(C)(C)C)cc1. The first-order valence-electron chi connectivity index (χ1n) is 13.6. The molecule has 0 radical (unpaired) electrons. The van der Waals surface area contributed by atoms with Crippen molar-refractivity contribution < 1.29 is 19.1 Å². The fourth-order valence-corrected chi connectivity index (χ4v) is 5.01. The van der Waals surface area contributed by atoms with E-state index in [2.05, 4.69) is 25.8 Å². The molecule has 5 rings (SSSR count). The topological polar surface area (TPSA) is 104 Å². The Labute approximate surface area is 232 Å². The average molecular weight is 543 g/mol. The van der Waals surface area contributed by atoms with Crippen LogP contribution in [0.1, 0.15) is 72.4 Å². The monoisotopic (exact) mass is 542 g/mol. The first-order chi connectivity index (χ1) is 19.1. The molecule has 4 heterocycles. The standard InChI is InChI=1S/C31H34N4O5/c1-6-39-30(38)24-17-23-26(32-25-19(2)9-7-15-34(25)29(23)37)35(18-22-10-8-16-40-22)27(24)33-28(36)20-11-13-21(14-12-20)31(3,4)5/h7,9,11-15,17,22H,6,8,10,16,18H2,1-5H3/t22-/m1/s1. The largest absolute Gasteiger partial charge is 0.462 e. The van der Waals surface area contributed by atoms with E-state index in [9.17, 15) is 14.4 Å². The normalized spacial score (nSPS) is 16.1. The summed E-state index contributed by atoms with van der Waals surface area (Å²) in [5.74, 6) is -1.19. The molecule has 0 saturated carbocycles. The van der Waals surface area contributed by atoms with Gasteiger partial charge in [0.05, 0.1) is 24.6 Å². The number of hydrogen-bond acceptors (Lipinski definition) is 6. The third-order valence-electron chi connectivity index (χ3n) is 7.22. The second-order valence-electron chi connectivity index (χ2n) is 11.1. The second-order valence-corrected chi connectivity index (χ2v) is 11.1. The summed E-state index contributed by atoms with van der Waals surface area (Å²) in [5.41, 5.74) is 2.82. The maximum absolute atomic E-state index is 13.7. The van der Waals surface area contributed by atoms with Crippen LogP contribution >= 0.6 is 0 Å². The van der Waals surface area contributed by atoms with Gasteiger partial charge >= 0.3 is 5.97 Å². The van der Waals surface area contributed by atoms with E-state index in [4.69, 9.17) is 14.5 Å². The number of aryl methyl sites for hydroxylation is 1. The maximum atomic E-state index is 13.7. The van der Waals surface area contributed by atoms with Crippen molar-refractivity contribution in [3.05, 3.63) is 86.8 Å².